The van der Waals surface area contributed by atoms with Crippen molar-refractivity contribution in [3.05, 3.63) is 30.3 Å². The average molecular weight is 367 g/mol. The second-order valence-corrected chi connectivity index (χ2v) is 8.20. The van der Waals surface area contributed by atoms with Crippen molar-refractivity contribution in [1.82, 2.24) is 15.4 Å². The molecule has 0 saturated heterocycles. The van der Waals surface area contributed by atoms with E-state index in [-0.39, 0.29) is 4.90 Å². The highest BCUT2D eigenvalue weighted by atomic mass is 32.2. The molecule has 6 nitrogen and oxygen atoms in total. The van der Waals surface area contributed by atoms with Gasteiger partial charge in [-0.2, -0.15) is 0 Å². The van der Waals surface area contributed by atoms with Gasteiger partial charge in [-0.05, 0) is 30.9 Å². The van der Waals surface area contributed by atoms with Gasteiger partial charge in [0.2, 0.25) is 10.0 Å². The zero-order valence-corrected chi connectivity index (χ0v) is 15.8. The second kappa shape index (κ2) is 10.4. The third-order valence-electron chi connectivity index (χ3n) is 4.54. The van der Waals surface area contributed by atoms with Gasteiger partial charge in [-0.25, -0.2) is 13.1 Å². The summed E-state index contributed by atoms with van der Waals surface area (Å²) < 4.78 is 26.8. The predicted molar refractivity (Wildman–Crippen MR) is 102 cm³/mol. The summed E-state index contributed by atoms with van der Waals surface area (Å²) in [5, 5.41) is 6.42. The minimum Gasteiger partial charge on any atom is -0.356 e. The standard InChI is InChI=1S/C18H30N4O2S/c1-19-18(20-13-7-10-16-8-5-6-9-16)21-14-15-22-25(23,24)17-11-3-2-4-12-17/h2-4,11-12,16,22H,5-10,13-15H2,1H3,(H2,19,20,21). The molecule has 0 bridgehead atoms. The van der Waals surface area contributed by atoms with Crippen molar-refractivity contribution in [3.63, 3.8) is 0 Å². The maximum atomic E-state index is 12.1. The lowest BCUT2D eigenvalue weighted by atomic mass is 10.0. The lowest BCUT2D eigenvalue weighted by Crippen LogP contribution is -2.41. The maximum Gasteiger partial charge on any atom is 0.240 e. The Hall–Kier alpha value is -1.60. The van der Waals surface area contributed by atoms with Crippen LogP contribution < -0.4 is 15.4 Å². The Morgan fingerprint density at radius 1 is 1.08 bits per heavy atom. The molecule has 25 heavy (non-hydrogen) atoms. The average Bonchev–Trinajstić information content (AvgIpc) is 3.14. The summed E-state index contributed by atoms with van der Waals surface area (Å²) in [5.74, 6) is 1.62. The van der Waals surface area contributed by atoms with Crippen LogP contribution in [0.15, 0.2) is 40.2 Å². The van der Waals surface area contributed by atoms with Crippen molar-refractivity contribution in [2.75, 3.05) is 26.7 Å². The monoisotopic (exact) mass is 366 g/mol. The van der Waals surface area contributed by atoms with Crippen LogP contribution in [0.3, 0.4) is 0 Å². The number of nitrogens with one attached hydrogen (secondary N) is 3. The van der Waals surface area contributed by atoms with Crippen LogP contribution in [0.5, 0.6) is 0 Å². The van der Waals surface area contributed by atoms with Gasteiger partial charge in [-0.1, -0.05) is 43.9 Å². The van der Waals surface area contributed by atoms with Crippen LogP contribution in [0.25, 0.3) is 0 Å². The Morgan fingerprint density at radius 2 is 1.76 bits per heavy atom. The third kappa shape index (κ3) is 7.04. The van der Waals surface area contributed by atoms with E-state index in [9.17, 15) is 8.42 Å². The second-order valence-electron chi connectivity index (χ2n) is 6.43. The van der Waals surface area contributed by atoms with Crippen LogP contribution in [-0.4, -0.2) is 41.1 Å². The zero-order chi connectivity index (χ0) is 18.0. The van der Waals surface area contributed by atoms with E-state index in [4.69, 9.17) is 0 Å². The summed E-state index contributed by atoms with van der Waals surface area (Å²) in [6.07, 6.45) is 7.97. The molecule has 0 spiro atoms. The van der Waals surface area contributed by atoms with Crippen molar-refractivity contribution >= 4 is 16.0 Å². The normalized spacial score (nSPS) is 16.1. The minimum atomic E-state index is -3.45. The largest absolute Gasteiger partial charge is 0.356 e. The highest BCUT2D eigenvalue weighted by Gasteiger charge is 2.14. The fraction of sp³-hybridized carbons (Fsp3) is 0.611. The number of rotatable bonds is 9. The third-order valence-corrected chi connectivity index (χ3v) is 6.02. The van der Waals surface area contributed by atoms with Gasteiger partial charge in [0.1, 0.15) is 0 Å². The van der Waals surface area contributed by atoms with E-state index in [2.05, 4.69) is 20.3 Å². The SMILES string of the molecule is CN=C(NCCCC1CCCC1)NCCNS(=O)(=O)c1ccccc1. The molecule has 0 aromatic heterocycles. The van der Waals surface area contributed by atoms with Gasteiger partial charge in [0.25, 0.3) is 0 Å². The molecule has 0 unspecified atom stereocenters. The van der Waals surface area contributed by atoms with Crippen LogP contribution in [0, 0.1) is 5.92 Å². The Labute approximate surface area is 151 Å². The van der Waals surface area contributed by atoms with Crippen LogP contribution in [-0.2, 0) is 10.0 Å². The van der Waals surface area contributed by atoms with Gasteiger partial charge >= 0.3 is 0 Å². The number of nitrogens with zero attached hydrogens (tertiary/aromatic N) is 1. The van der Waals surface area contributed by atoms with E-state index < -0.39 is 10.0 Å². The number of aliphatic imine (C=N–C) groups is 1. The smallest absolute Gasteiger partial charge is 0.240 e. The molecule has 0 amide bonds. The summed E-state index contributed by atoms with van der Waals surface area (Å²) in [7, 11) is -1.72. The van der Waals surface area contributed by atoms with E-state index in [1.807, 2.05) is 0 Å². The zero-order valence-electron chi connectivity index (χ0n) is 15.0. The van der Waals surface area contributed by atoms with E-state index in [1.54, 1.807) is 37.4 Å². The highest BCUT2D eigenvalue weighted by Crippen LogP contribution is 2.28. The van der Waals surface area contributed by atoms with Gasteiger partial charge in [-0.3, -0.25) is 4.99 Å². The van der Waals surface area contributed by atoms with Gasteiger partial charge < -0.3 is 10.6 Å². The molecule has 2 rings (SSSR count). The van der Waals surface area contributed by atoms with Crippen LogP contribution in [0.1, 0.15) is 38.5 Å². The number of sulfonamides is 1. The summed E-state index contributed by atoms with van der Waals surface area (Å²) in [6.45, 7) is 1.68. The summed E-state index contributed by atoms with van der Waals surface area (Å²) in [6, 6.07) is 8.39. The van der Waals surface area contributed by atoms with Gasteiger partial charge in [0, 0.05) is 26.7 Å². The number of hydrogen-bond donors (Lipinski definition) is 3. The molecule has 1 aliphatic rings. The van der Waals surface area contributed by atoms with E-state index >= 15 is 0 Å². The van der Waals surface area contributed by atoms with Gasteiger partial charge in [-0.15, -0.1) is 0 Å². The molecule has 1 aromatic carbocycles. The maximum absolute atomic E-state index is 12.1. The van der Waals surface area contributed by atoms with Crippen molar-refractivity contribution in [3.8, 4) is 0 Å². The predicted octanol–water partition coefficient (Wildman–Crippen LogP) is 2.10. The van der Waals surface area contributed by atoms with E-state index in [0.29, 0.717) is 19.0 Å². The fourth-order valence-electron chi connectivity index (χ4n) is 3.17. The molecule has 1 fully saturated rings. The molecular formula is C18H30N4O2S. The first-order valence-electron chi connectivity index (χ1n) is 9.11. The lowest BCUT2D eigenvalue weighted by Gasteiger charge is -2.13. The molecule has 3 N–H and O–H groups in total. The molecule has 1 saturated carbocycles. The summed E-state index contributed by atoms with van der Waals surface area (Å²) >= 11 is 0. The molecule has 0 radical (unpaired) electrons. The van der Waals surface area contributed by atoms with Crippen molar-refractivity contribution in [2.24, 2.45) is 10.9 Å². The number of guanidine groups is 1. The molecule has 140 valence electrons. The van der Waals surface area contributed by atoms with Crippen molar-refractivity contribution in [2.45, 2.75) is 43.4 Å². The fourth-order valence-corrected chi connectivity index (χ4v) is 4.22. The topological polar surface area (TPSA) is 82.6 Å². The molecule has 0 heterocycles. The van der Waals surface area contributed by atoms with Gasteiger partial charge in [0.05, 0.1) is 4.90 Å². The van der Waals surface area contributed by atoms with Crippen molar-refractivity contribution in [1.29, 1.82) is 0 Å². The minimum absolute atomic E-state index is 0.282. The first-order valence-corrected chi connectivity index (χ1v) is 10.6. The number of hydrogen-bond acceptors (Lipinski definition) is 3. The Kier molecular flexibility index (Phi) is 8.21. The quantitative estimate of drug-likeness (QED) is 0.355. The lowest BCUT2D eigenvalue weighted by molar-refractivity contribution is 0.481. The Morgan fingerprint density at radius 3 is 2.44 bits per heavy atom. The summed E-state index contributed by atoms with van der Waals surface area (Å²) in [5.41, 5.74) is 0. The molecule has 1 aliphatic carbocycles. The van der Waals surface area contributed by atoms with E-state index in [1.165, 1.54) is 32.1 Å². The van der Waals surface area contributed by atoms with E-state index in [0.717, 1.165) is 18.9 Å². The summed E-state index contributed by atoms with van der Waals surface area (Å²) in [4.78, 5) is 4.45. The molecule has 0 atom stereocenters. The van der Waals surface area contributed by atoms with Crippen LogP contribution in [0.4, 0.5) is 0 Å². The Bertz CT molecular complexity index is 626. The Balaban J connectivity index is 1.60. The van der Waals surface area contributed by atoms with Crippen LogP contribution in [0.2, 0.25) is 0 Å². The number of benzene rings is 1. The van der Waals surface area contributed by atoms with Crippen LogP contribution >= 0.6 is 0 Å². The van der Waals surface area contributed by atoms with Gasteiger partial charge in [0.15, 0.2) is 5.96 Å². The molecular weight excluding hydrogens is 336 g/mol. The van der Waals surface area contributed by atoms with Crippen molar-refractivity contribution < 1.29 is 8.42 Å². The molecule has 7 heteroatoms. The molecule has 1 aromatic rings. The highest BCUT2D eigenvalue weighted by molar-refractivity contribution is 7.89. The first-order chi connectivity index (χ1) is 12.1. The molecule has 0 aliphatic heterocycles. The first kappa shape index (κ1) is 19.7.